The number of imidazole rings is 1. The quantitative estimate of drug-likeness (QED) is 0.284. The first-order valence-electron chi connectivity index (χ1n) is 4.50. The van der Waals surface area contributed by atoms with Crippen LogP contribution in [-0.2, 0) is 25.5 Å². The molecule has 1 rings (SSSR count). The Morgan fingerprint density at radius 2 is 2.18 bits per heavy atom. The number of ketones is 1. The molecular weight excluding hydrogens is 237 g/mol. The summed E-state index contributed by atoms with van der Waals surface area (Å²) in [6.07, 6.45) is 3.10. The number of carbonyl (C=O) groups excluding carboxylic acids is 3. The molecule has 0 radical (unpaired) electrons. The standard InChI is InChI=1S/C9H11N3O4.Na.H/c1-5(13)8(14)16-9(15)7(10)2-6-3-11-4-12-6;;/h3-4,7H,2,10H2,1H3,(H,11,12);;/t7-;;/m0../s1. The average Bonchev–Trinajstić information content (AvgIpc) is 2.69. The van der Waals surface area contributed by atoms with Gasteiger partial charge in [-0.25, -0.2) is 14.6 Å². The Kier molecular flexibility index (Phi) is 6.89. The van der Waals surface area contributed by atoms with Gasteiger partial charge in [0.25, 0.3) is 0 Å². The molecule has 0 fully saturated rings. The monoisotopic (exact) mass is 249 g/mol. The fourth-order valence-electron chi connectivity index (χ4n) is 0.955. The minimum absolute atomic E-state index is 0. The molecule has 1 heterocycles. The number of aromatic nitrogens is 2. The fraction of sp³-hybridized carbons (Fsp3) is 0.333. The van der Waals surface area contributed by atoms with E-state index in [0.29, 0.717) is 5.69 Å². The van der Waals surface area contributed by atoms with Crippen LogP contribution in [0.3, 0.4) is 0 Å². The topological polar surface area (TPSA) is 115 Å². The Balaban J connectivity index is 0.00000256. The van der Waals surface area contributed by atoms with Gasteiger partial charge in [0, 0.05) is 25.2 Å². The number of carbonyl (C=O) groups is 3. The Morgan fingerprint density at radius 1 is 1.53 bits per heavy atom. The molecule has 0 aromatic carbocycles. The second-order valence-electron chi connectivity index (χ2n) is 3.15. The van der Waals surface area contributed by atoms with Crippen molar-refractivity contribution in [3.8, 4) is 0 Å². The van der Waals surface area contributed by atoms with Crippen molar-refractivity contribution in [3.63, 3.8) is 0 Å². The van der Waals surface area contributed by atoms with Crippen LogP contribution in [0, 0.1) is 0 Å². The van der Waals surface area contributed by atoms with Crippen LogP contribution in [0.25, 0.3) is 0 Å². The molecule has 88 valence electrons. The molecular formula is C9H12N3NaO4. The van der Waals surface area contributed by atoms with Gasteiger partial charge in [0.1, 0.15) is 6.04 Å². The van der Waals surface area contributed by atoms with Gasteiger partial charge in [-0.15, -0.1) is 0 Å². The van der Waals surface area contributed by atoms with Gasteiger partial charge in [0.15, 0.2) is 0 Å². The zero-order chi connectivity index (χ0) is 12.1. The van der Waals surface area contributed by atoms with Gasteiger partial charge >= 0.3 is 41.5 Å². The molecule has 8 heteroatoms. The molecule has 0 unspecified atom stereocenters. The third kappa shape index (κ3) is 5.22. The first-order valence-corrected chi connectivity index (χ1v) is 4.50. The van der Waals surface area contributed by atoms with Crippen LogP contribution in [0.5, 0.6) is 0 Å². The Labute approximate surface area is 119 Å². The molecule has 1 aromatic rings. The van der Waals surface area contributed by atoms with Crippen molar-refractivity contribution < 1.29 is 19.1 Å². The summed E-state index contributed by atoms with van der Waals surface area (Å²) in [4.78, 5) is 39.0. The van der Waals surface area contributed by atoms with Crippen molar-refractivity contribution in [2.45, 2.75) is 19.4 Å². The zero-order valence-electron chi connectivity index (χ0n) is 8.60. The van der Waals surface area contributed by atoms with Crippen molar-refractivity contribution in [1.29, 1.82) is 0 Å². The van der Waals surface area contributed by atoms with E-state index in [1.807, 2.05) is 0 Å². The Bertz CT molecular complexity index is 404. The number of nitrogens with zero attached hydrogens (tertiary/aromatic N) is 1. The van der Waals surface area contributed by atoms with Crippen LogP contribution in [-0.4, -0.2) is 63.3 Å². The maximum atomic E-state index is 11.2. The predicted octanol–water partition coefficient (Wildman–Crippen LogP) is -1.71. The number of Topliss-reactive ketones (excluding diaryl/α,β-unsaturated/α-hetero) is 1. The van der Waals surface area contributed by atoms with Crippen LogP contribution < -0.4 is 5.73 Å². The van der Waals surface area contributed by atoms with Gasteiger partial charge in [-0.3, -0.25) is 4.79 Å². The molecule has 0 amide bonds. The van der Waals surface area contributed by atoms with E-state index in [0.717, 1.165) is 6.92 Å². The number of H-pyrrole nitrogens is 1. The first kappa shape index (κ1) is 16.0. The van der Waals surface area contributed by atoms with Gasteiger partial charge in [-0.05, 0) is 0 Å². The summed E-state index contributed by atoms with van der Waals surface area (Å²) in [5, 5.41) is 0. The second-order valence-corrected chi connectivity index (χ2v) is 3.15. The molecule has 17 heavy (non-hydrogen) atoms. The van der Waals surface area contributed by atoms with Gasteiger partial charge in [-0.1, -0.05) is 0 Å². The predicted molar refractivity (Wildman–Crippen MR) is 59.2 cm³/mol. The van der Waals surface area contributed by atoms with Crippen molar-refractivity contribution >= 4 is 47.3 Å². The van der Waals surface area contributed by atoms with Gasteiger partial charge in [-0.2, -0.15) is 0 Å². The van der Waals surface area contributed by atoms with Crippen LogP contribution in [0.4, 0.5) is 0 Å². The minimum atomic E-state index is -1.20. The summed E-state index contributed by atoms with van der Waals surface area (Å²) in [7, 11) is 0. The number of hydrogen-bond donors (Lipinski definition) is 2. The van der Waals surface area contributed by atoms with Gasteiger partial charge in [0.2, 0.25) is 5.78 Å². The molecule has 0 saturated heterocycles. The summed E-state index contributed by atoms with van der Waals surface area (Å²) >= 11 is 0. The van der Waals surface area contributed by atoms with E-state index in [-0.39, 0.29) is 36.0 Å². The van der Waals surface area contributed by atoms with Gasteiger partial charge in [0.05, 0.1) is 6.33 Å². The molecule has 0 bridgehead atoms. The number of esters is 2. The molecule has 0 spiro atoms. The number of hydrogen-bond acceptors (Lipinski definition) is 6. The van der Waals surface area contributed by atoms with E-state index in [2.05, 4.69) is 14.7 Å². The molecule has 0 aliphatic rings. The van der Waals surface area contributed by atoms with E-state index in [4.69, 9.17) is 5.73 Å². The Hall–Kier alpha value is -1.02. The van der Waals surface area contributed by atoms with Crippen molar-refractivity contribution in [3.05, 3.63) is 18.2 Å². The molecule has 1 aromatic heterocycles. The summed E-state index contributed by atoms with van der Waals surface area (Å²) < 4.78 is 4.24. The summed E-state index contributed by atoms with van der Waals surface area (Å²) in [6.45, 7) is 1.01. The van der Waals surface area contributed by atoms with Gasteiger partial charge < -0.3 is 15.5 Å². The molecule has 0 aliphatic carbocycles. The average molecular weight is 249 g/mol. The van der Waals surface area contributed by atoms with E-state index < -0.39 is 23.8 Å². The molecule has 0 aliphatic heterocycles. The van der Waals surface area contributed by atoms with E-state index >= 15 is 0 Å². The van der Waals surface area contributed by atoms with E-state index in [1.54, 1.807) is 0 Å². The van der Waals surface area contributed by atoms with Crippen molar-refractivity contribution in [2.75, 3.05) is 0 Å². The molecule has 3 N–H and O–H groups in total. The van der Waals surface area contributed by atoms with E-state index in [1.165, 1.54) is 12.5 Å². The number of nitrogens with two attached hydrogens (primary N) is 1. The third-order valence-electron chi connectivity index (χ3n) is 1.78. The third-order valence-corrected chi connectivity index (χ3v) is 1.78. The van der Waals surface area contributed by atoms with Crippen molar-refractivity contribution in [1.82, 2.24) is 9.97 Å². The SMILES string of the molecule is CC(=O)C(=O)OC(=O)[C@@H](N)Cc1cnc[nH]1.[NaH]. The Morgan fingerprint density at radius 3 is 2.65 bits per heavy atom. The van der Waals surface area contributed by atoms with Crippen LogP contribution in [0.2, 0.25) is 0 Å². The summed E-state index contributed by atoms with van der Waals surface area (Å²) in [6, 6.07) is -1.01. The second kappa shape index (κ2) is 7.33. The van der Waals surface area contributed by atoms with E-state index in [9.17, 15) is 14.4 Å². The molecule has 7 nitrogen and oxygen atoms in total. The number of ether oxygens (including phenoxy) is 1. The number of nitrogens with one attached hydrogen (secondary N) is 1. The normalized spacial score (nSPS) is 11.2. The molecule has 0 saturated carbocycles. The molecule has 1 atom stereocenters. The zero-order valence-corrected chi connectivity index (χ0v) is 8.60. The number of rotatable bonds is 4. The van der Waals surface area contributed by atoms with Crippen LogP contribution in [0.15, 0.2) is 12.5 Å². The van der Waals surface area contributed by atoms with Crippen LogP contribution in [0.1, 0.15) is 12.6 Å². The fourth-order valence-corrected chi connectivity index (χ4v) is 0.955. The first-order chi connectivity index (χ1) is 7.50. The number of aromatic amines is 1. The summed E-state index contributed by atoms with van der Waals surface area (Å²) in [5.41, 5.74) is 6.11. The van der Waals surface area contributed by atoms with Crippen LogP contribution >= 0.6 is 0 Å². The summed E-state index contributed by atoms with van der Waals surface area (Å²) in [5.74, 6) is -2.98. The van der Waals surface area contributed by atoms with Crippen molar-refractivity contribution in [2.24, 2.45) is 5.73 Å². The maximum absolute atomic E-state index is 11.2.